The smallest absolute Gasteiger partial charge is 0.224 e. The molecule has 0 aromatic carbocycles. The molecule has 0 bridgehead atoms. The van der Waals surface area contributed by atoms with Crippen molar-refractivity contribution in [2.45, 2.75) is 40.0 Å². The molecular formula is C23H28N4O2. The molecule has 0 saturated heterocycles. The topological polar surface area (TPSA) is 70.0 Å². The molecule has 6 heteroatoms. The van der Waals surface area contributed by atoms with Crippen LogP contribution in [0, 0.1) is 19.8 Å². The van der Waals surface area contributed by atoms with E-state index in [9.17, 15) is 0 Å². The summed E-state index contributed by atoms with van der Waals surface area (Å²) in [5.41, 5.74) is 3.89. The first-order chi connectivity index (χ1) is 14.1. The van der Waals surface area contributed by atoms with Gasteiger partial charge in [-0.2, -0.15) is 4.98 Å². The average Bonchev–Trinajstić information content (AvgIpc) is 3.54. The van der Waals surface area contributed by atoms with Gasteiger partial charge in [-0.3, -0.25) is 9.97 Å². The summed E-state index contributed by atoms with van der Waals surface area (Å²) in [6, 6.07) is 7.98. The van der Waals surface area contributed by atoms with E-state index in [1.807, 2.05) is 58.2 Å². The van der Waals surface area contributed by atoms with Gasteiger partial charge >= 0.3 is 0 Å². The summed E-state index contributed by atoms with van der Waals surface area (Å²) in [7, 11) is 1.65. The Kier molecular flexibility index (Phi) is 6.75. The van der Waals surface area contributed by atoms with Crippen LogP contribution in [0.5, 0.6) is 11.6 Å². The molecule has 0 N–H and O–H groups in total. The van der Waals surface area contributed by atoms with Crippen LogP contribution >= 0.6 is 0 Å². The number of ether oxygens (including phenoxy) is 2. The summed E-state index contributed by atoms with van der Waals surface area (Å²) in [5.74, 6) is 2.97. The van der Waals surface area contributed by atoms with Gasteiger partial charge in [0.2, 0.25) is 5.88 Å². The molecule has 3 heterocycles. The van der Waals surface area contributed by atoms with Crippen LogP contribution in [0.3, 0.4) is 0 Å². The summed E-state index contributed by atoms with van der Waals surface area (Å²) < 4.78 is 11.3. The van der Waals surface area contributed by atoms with Crippen LogP contribution in [0.4, 0.5) is 0 Å². The first-order valence-corrected chi connectivity index (χ1v) is 10.0. The molecule has 0 radical (unpaired) electrons. The maximum atomic E-state index is 6.09. The van der Waals surface area contributed by atoms with Crippen molar-refractivity contribution in [3.63, 3.8) is 0 Å². The molecular weight excluding hydrogens is 364 g/mol. The molecule has 3 aromatic heterocycles. The van der Waals surface area contributed by atoms with E-state index in [1.54, 1.807) is 19.5 Å². The van der Waals surface area contributed by atoms with E-state index >= 15 is 0 Å². The fourth-order valence-electron chi connectivity index (χ4n) is 3.10. The van der Waals surface area contributed by atoms with Gasteiger partial charge in [-0.1, -0.05) is 19.9 Å². The van der Waals surface area contributed by atoms with E-state index in [2.05, 4.69) is 19.9 Å². The number of pyridine rings is 2. The van der Waals surface area contributed by atoms with Gasteiger partial charge in [0.05, 0.1) is 25.5 Å². The Bertz CT molecular complexity index is 927. The van der Waals surface area contributed by atoms with E-state index in [1.165, 1.54) is 0 Å². The van der Waals surface area contributed by atoms with Gasteiger partial charge in [0, 0.05) is 41.2 Å². The van der Waals surface area contributed by atoms with Crippen molar-refractivity contribution < 1.29 is 9.47 Å². The molecule has 1 aliphatic carbocycles. The van der Waals surface area contributed by atoms with Crippen molar-refractivity contribution in [1.82, 2.24) is 19.9 Å². The van der Waals surface area contributed by atoms with Gasteiger partial charge in [-0.05, 0) is 38.5 Å². The van der Waals surface area contributed by atoms with Gasteiger partial charge < -0.3 is 9.47 Å². The normalized spacial score (nSPS) is 17.1. The number of methoxy groups -OCH3 is 1. The molecule has 29 heavy (non-hydrogen) atoms. The van der Waals surface area contributed by atoms with Crippen LogP contribution in [0.15, 0.2) is 42.9 Å². The molecule has 0 amide bonds. The highest BCUT2D eigenvalue weighted by molar-refractivity contribution is 5.66. The summed E-state index contributed by atoms with van der Waals surface area (Å²) >= 11 is 0. The van der Waals surface area contributed by atoms with Crippen molar-refractivity contribution in [2.75, 3.05) is 13.7 Å². The second kappa shape index (κ2) is 9.45. The lowest BCUT2D eigenvalue weighted by molar-refractivity contribution is 0.285. The minimum atomic E-state index is 0.434. The molecule has 6 nitrogen and oxygen atoms in total. The number of hydrogen-bond acceptors (Lipinski definition) is 6. The average molecular weight is 393 g/mol. The third kappa shape index (κ3) is 5.08. The van der Waals surface area contributed by atoms with Gasteiger partial charge in [0.25, 0.3) is 0 Å². The molecule has 1 aliphatic rings. The highest BCUT2D eigenvalue weighted by Gasteiger charge is 2.40. The lowest BCUT2D eigenvalue weighted by Gasteiger charge is -2.11. The fraction of sp³-hybridized carbons (Fsp3) is 0.391. The number of hydrogen-bond donors (Lipinski definition) is 0. The van der Waals surface area contributed by atoms with Crippen molar-refractivity contribution in [2.24, 2.45) is 5.92 Å². The Balaban J connectivity index is 0.00000117. The fourth-order valence-corrected chi connectivity index (χ4v) is 3.10. The molecule has 1 saturated carbocycles. The quantitative estimate of drug-likeness (QED) is 0.602. The van der Waals surface area contributed by atoms with Gasteiger partial charge in [0.15, 0.2) is 0 Å². The van der Waals surface area contributed by atoms with Crippen molar-refractivity contribution in [1.29, 1.82) is 0 Å². The Morgan fingerprint density at radius 2 is 1.79 bits per heavy atom. The molecule has 1 fully saturated rings. The van der Waals surface area contributed by atoms with Crippen LogP contribution in [-0.4, -0.2) is 33.7 Å². The Morgan fingerprint density at radius 3 is 2.45 bits per heavy atom. The Hall–Kier alpha value is -3.02. The van der Waals surface area contributed by atoms with Crippen LogP contribution in [0.1, 0.15) is 43.4 Å². The number of aryl methyl sites for hydroxylation is 2. The lowest BCUT2D eigenvalue weighted by Crippen LogP contribution is -2.05. The minimum Gasteiger partial charge on any atom is -0.495 e. The monoisotopic (exact) mass is 392 g/mol. The second-order valence-electron chi connectivity index (χ2n) is 6.86. The van der Waals surface area contributed by atoms with E-state index in [0.29, 0.717) is 30.1 Å². The highest BCUT2D eigenvalue weighted by atomic mass is 16.5. The highest BCUT2D eigenvalue weighted by Crippen LogP contribution is 2.47. The van der Waals surface area contributed by atoms with Gasteiger partial charge in [-0.25, -0.2) is 4.98 Å². The minimum absolute atomic E-state index is 0.434. The van der Waals surface area contributed by atoms with E-state index in [0.717, 1.165) is 34.7 Å². The van der Waals surface area contributed by atoms with E-state index in [-0.39, 0.29) is 0 Å². The molecule has 2 atom stereocenters. The first-order valence-electron chi connectivity index (χ1n) is 10.0. The zero-order valence-electron chi connectivity index (χ0n) is 17.7. The van der Waals surface area contributed by atoms with Gasteiger partial charge in [0.1, 0.15) is 11.6 Å². The lowest BCUT2D eigenvalue weighted by atomic mass is 10.1. The standard InChI is InChI=1S/C21H22N4O2.C2H6/c1-13-4-5-15(9-22-13)19-11-23-14(2)25-21(19)27-12-16-8-18(16)20-7-6-17(26-3)10-24-20;1-2/h4-7,9-11,16,18H,8,12H2,1-3H3;1-2H3/t16-,18+;/m1./s1. The molecule has 3 aromatic rings. The summed E-state index contributed by atoms with van der Waals surface area (Å²) in [6.45, 7) is 8.44. The maximum Gasteiger partial charge on any atom is 0.224 e. The first kappa shape index (κ1) is 20.7. The van der Waals surface area contributed by atoms with Crippen LogP contribution in [-0.2, 0) is 0 Å². The van der Waals surface area contributed by atoms with Crippen LogP contribution in [0.25, 0.3) is 11.1 Å². The predicted octanol–water partition coefficient (Wildman–Crippen LogP) is 4.77. The SMILES string of the molecule is CC.COc1ccc([C@H]2C[C@@H]2COc2nc(C)ncc2-c2ccc(C)nc2)nc1. The third-order valence-electron chi connectivity index (χ3n) is 4.83. The molecule has 0 spiro atoms. The van der Waals surface area contributed by atoms with Crippen LogP contribution in [0.2, 0.25) is 0 Å². The number of aromatic nitrogens is 4. The van der Waals surface area contributed by atoms with Gasteiger partial charge in [-0.15, -0.1) is 0 Å². The Labute approximate surface area is 172 Å². The number of nitrogens with zero attached hydrogens (tertiary/aromatic N) is 4. The van der Waals surface area contributed by atoms with Crippen molar-refractivity contribution in [3.8, 4) is 22.8 Å². The summed E-state index contributed by atoms with van der Waals surface area (Å²) in [5, 5.41) is 0. The number of rotatable bonds is 6. The molecule has 4 rings (SSSR count). The van der Waals surface area contributed by atoms with E-state index in [4.69, 9.17) is 9.47 Å². The van der Waals surface area contributed by atoms with Crippen LogP contribution < -0.4 is 9.47 Å². The van der Waals surface area contributed by atoms with Crippen molar-refractivity contribution in [3.05, 3.63) is 60.1 Å². The predicted molar refractivity (Wildman–Crippen MR) is 113 cm³/mol. The van der Waals surface area contributed by atoms with E-state index < -0.39 is 0 Å². The maximum absolute atomic E-state index is 6.09. The summed E-state index contributed by atoms with van der Waals surface area (Å²) in [4.78, 5) is 17.7. The Morgan fingerprint density at radius 1 is 0.966 bits per heavy atom. The summed E-state index contributed by atoms with van der Waals surface area (Å²) in [6.07, 6.45) is 6.48. The molecule has 0 aliphatic heterocycles. The zero-order valence-corrected chi connectivity index (χ0v) is 17.7. The zero-order chi connectivity index (χ0) is 20.8. The second-order valence-corrected chi connectivity index (χ2v) is 6.86. The largest absolute Gasteiger partial charge is 0.495 e. The third-order valence-corrected chi connectivity index (χ3v) is 4.83. The van der Waals surface area contributed by atoms with Crippen molar-refractivity contribution >= 4 is 0 Å². The molecule has 0 unspecified atom stereocenters. The molecule has 152 valence electrons.